The van der Waals surface area contributed by atoms with E-state index in [0.29, 0.717) is 0 Å². The topological polar surface area (TPSA) is 113 Å². The molecule has 0 spiro atoms. The molecule has 174 valence electrons. The maximum absolute atomic E-state index is 11.3. The highest BCUT2D eigenvalue weighted by Gasteiger charge is 2.51. The van der Waals surface area contributed by atoms with Gasteiger partial charge in [0.1, 0.15) is 25.5 Å². The minimum Gasteiger partial charge on any atom is -0.201 e. The van der Waals surface area contributed by atoms with Crippen molar-refractivity contribution in [3.63, 3.8) is 0 Å². The Morgan fingerprint density at radius 3 is 1.13 bits per heavy atom. The minimum absolute atomic E-state index is 0.0559. The largest absolute Gasteiger partial charge is 0.346 e. The Hall–Kier alpha value is -0.400. The molecule has 0 saturated heterocycles. The molecule has 0 aromatic heterocycles. The van der Waals surface area contributed by atoms with E-state index < -0.39 is 15.7 Å². The van der Waals surface area contributed by atoms with Gasteiger partial charge in [0, 0.05) is 24.2 Å². The molecule has 0 aliphatic heterocycles. The van der Waals surface area contributed by atoms with E-state index in [-0.39, 0.29) is 62.5 Å². The monoisotopic (exact) mass is 464 g/mol. The molecule has 0 bridgehead atoms. The second-order valence-corrected chi connectivity index (χ2v) is 13.4. The molecule has 10 heteroatoms. The Bertz CT molecular complexity index is 514. The lowest BCUT2D eigenvalue weighted by Crippen LogP contribution is -2.40. The maximum atomic E-state index is 11.3. The standard InChI is InChI=1S/C20H42N4O4P2/c1-17(2)23(18(3)4)29(25,15-9-11-21)27-13-14-28-30(26,16-10-12-22)24(19(5)6)20(7)8/h17-20,25-26H,9-10,13-16H2,1-8H3/q+2. The van der Waals surface area contributed by atoms with E-state index in [1.807, 2.05) is 64.7 Å². The molecule has 0 aliphatic carbocycles. The average Bonchev–Trinajstić information content (AvgIpc) is 2.61. The zero-order chi connectivity index (χ0) is 23.5. The summed E-state index contributed by atoms with van der Waals surface area (Å²) in [7, 11) is -5.96. The van der Waals surface area contributed by atoms with Gasteiger partial charge >= 0.3 is 15.7 Å². The van der Waals surface area contributed by atoms with E-state index in [1.54, 1.807) is 0 Å². The van der Waals surface area contributed by atoms with Crippen LogP contribution in [0, 0.1) is 22.7 Å². The lowest BCUT2D eigenvalue weighted by molar-refractivity contribution is 0.139. The van der Waals surface area contributed by atoms with Crippen LogP contribution in [0.2, 0.25) is 0 Å². The summed E-state index contributed by atoms with van der Waals surface area (Å²) >= 11 is 0. The van der Waals surface area contributed by atoms with Gasteiger partial charge in [-0.15, -0.1) is 9.34 Å². The Labute approximate surface area is 184 Å². The fraction of sp³-hybridized carbons (Fsp3) is 0.900. The van der Waals surface area contributed by atoms with Crippen LogP contribution in [0.15, 0.2) is 0 Å². The van der Waals surface area contributed by atoms with Crippen molar-refractivity contribution in [1.82, 2.24) is 9.34 Å². The number of nitriles is 2. The zero-order valence-corrected chi connectivity index (χ0v) is 21.7. The summed E-state index contributed by atoms with van der Waals surface area (Å²) in [5.41, 5.74) is 0. The summed E-state index contributed by atoms with van der Waals surface area (Å²) in [6.45, 7) is 16.1. The molecule has 0 aromatic rings. The lowest BCUT2D eigenvalue weighted by Gasteiger charge is -2.36. The number of hydrogen-bond acceptors (Lipinski definition) is 8. The third-order valence-electron chi connectivity index (χ3n) is 4.55. The highest BCUT2D eigenvalue weighted by Crippen LogP contribution is 2.63. The van der Waals surface area contributed by atoms with Crippen molar-refractivity contribution < 1.29 is 18.8 Å². The van der Waals surface area contributed by atoms with Crippen molar-refractivity contribution >= 4 is 15.7 Å². The number of hydrogen-bond donors (Lipinski definition) is 2. The van der Waals surface area contributed by atoms with E-state index >= 15 is 0 Å². The third-order valence-corrected chi connectivity index (χ3v) is 10.6. The summed E-state index contributed by atoms with van der Waals surface area (Å²) < 4.78 is 15.8. The molecule has 0 heterocycles. The molecule has 2 atom stereocenters. The first-order chi connectivity index (χ1) is 13.9. The van der Waals surface area contributed by atoms with E-state index in [0.717, 1.165) is 0 Å². The van der Waals surface area contributed by atoms with Crippen LogP contribution in [-0.4, -0.2) is 68.8 Å². The molecular formula is C20H42N4O4P2+2. The van der Waals surface area contributed by atoms with Crippen molar-refractivity contribution in [2.75, 3.05) is 25.5 Å². The summed E-state index contributed by atoms with van der Waals surface area (Å²) in [5.74, 6) is 0. The summed E-state index contributed by atoms with van der Waals surface area (Å²) in [6.07, 6.45) is 0.930. The molecule has 0 amide bonds. The first-order valence-electron chi connectivity index (χ1n) is 10.7. The van der Waals surface area contributed by atoms with E-state index in [9.17, 15) is 9.79 Å². The van der Waals surface area contributed by atoms with Gasteiger partial charge in [-0.1, -0.05) is 0 Å². The van der Waals surface area contributed by atoms with Crippen LogP contribution in [0.3, 0.4) is 0 Å². The Morgan fingerprint density at radius 1 is 0.667 bits per heavy atom. The predicted molar refractivity (Wildman–Crippen MR) is 125 cm³/mol. The van der Waals surface area contributed by atoms with Gasteiger partial charge in [0.15, 0.2) is 0 Å². The van der Waals surface area contributed by atoms with Crippen LogP contribution in [0.5, 0.6) is 0 Å². The Morgan fingerprint density at radius 2 is 0.933 bits per heavy atom. The van der Waals surface area contributed by atoms with Crippen LogP contribution < -0.4 is 0 Å². The van der Waals surface area contributed by atoms with Crippen LogP contribution in [-0.2, 0) is 9.05 Å². The van der Waals surface area contributed by atoms with Gasteiger partial charge in [0.2, 0.25) is 0 Å². The molecule has 0 aromatic carbocycles. The highest BCUT2D eigenvalue weighted by molar-refractivity contribution is 7.63. The minimum atomic E-state index is -2.98. The second kappa shape index (κ2) is 13.9. The smallest absolute Gasteiger partial charge is 0.201 e. The van der Waals surface area contributed by atoms with Crippen LogP contribution in [0.4, 0.5) is 0 Å². The average molecular weight is 465 g/mol. The summed E-state index contributed by atoms with van der Waals surface area (Å²) in [4.78, 5) is 22.6. The van der Waals surface area contributed by atoms with E-state index in [2.05, 4.69) is 12.1 Å². The molecule has 2 N–H and O–H groups in total. The van der Waals surface area contributed by atoms with Gasteiger partial charge in [0.25, 0.3) is 0 Å². The van der Waals surface area contributed by atoms with Crippen molar-refractivity contribution in [2.45, 2.75) is 92.4 Å². The van der Waals surface area contributed by atoms with Crippen molar-refractivity contribution in [1.29, 1.82) is 10.5 Å². The van der Waals surface area contributed by atoms with Gasteiger partial charge in [-0.05, 0) is 55.4 Å². The Balaban J connectivity index is 5.34. The summed E-state index contributed by atoms with van der Waals surface area (Å²) in [5, 5.41) is 18.0. The molecular weight excluding hydrogens is 422 g/mol. The first-order valence-corrected chi connectivity index (χ1v) is 14.3. The van der Waals surface area contributed by atoms with Crippen LogP contribution >= 0.6 is 15.7 Å². The molecule has 0 fully saturated rings. The predicted octanol–water partition coefficient (Wildman–Crippen LogP) is 4.59. The van der Waals surface area contributed by atoms with Gasteiger partial charge < -0.3 is 0 Å². The Kier molecular flexibility index (Phi) is 13.7. The highest BCUT2D eigenvalue weighted by atomic mass is 31.2. The van der Waals surface area contributed by atoms with Gasteiger partial charge in [-0.25, -0.2) is 9.79 Å². The van der Waals surface area contributed by atoms with Gasteiger partial charge in [0.05, 0.1) is 25.0 Å². The fourth-order valence-corrected chi connectivity index (χ4v) is 9.28. The molecule has 0 rings (SSSR count). The van der Waals surface area contributed by atoms with Crippen LogP contribution in [0.25, 0.3) is 0 Å². The molecule has 2 unspecified atom stereocenters. The van der Waals surface area contributed by atoms with Crippen molar-refractivity contribution in [3.8, 4) is 12.1 Å². The third kappa shape index (κ3) is 8.99. The number of nitrogens with zero attached hydrogens (tertiary/aromatic N) is 4. The molecule has 30 heavy (non-hydrogen) atoms. The zero-order valence-electron chi connectivity index (χ0n) is 19.9. The molecule has 0 radical (unpaired) electrons. The lowest BCUT2D eigenvalue weighted by atomic mass is 10.3. The van der Waals surface area contributed by atoms with Crippen molar-refractivity contribution in [3.05, 3.63) is 0 Å². The number of rotatable bonds is 15. The molecule has 0 aliphatic rings. The van der Waals surface area contributed by atoms with E-state index in [4.69, 9.17) is 19.6 Å². The normalized spacial score (nSPS) is 16.3. The second-order valence-electron chi connectivity index (χ2n) is 8.39. The maximum Gasteiger partial charge on any atom is 0.346 e. The summed E-state index contributed by atoms with van der Waals surface area (Å²) in [6, 6.07) is 4.41. The SMILES string of the molecule is CC(C)N(C(C)C)[P+](O)(CCC#N)OCCO[P+](O)(CCC#N)N(C(C)C)C(C)C. The van der Waals surface area contributed by atoms with Gasteiger partial charge in [-0.2, -0.15) is 19.6 Å². The van der Waals surface area contributed by atoms with Gasteiger partial charge in [-0.3, -0.25) is 0 Å². The molecule has 8 nitrogen and oxygen atoms in total. The first kappa shape index (κ1) is 29.6. The van der Waals surface area contributed by atoms with Crippen LogP contribution in [0.1, 0.15) is 68.2 Å². The fourth-order valence-electron chi connectivity index (χ4n) is 3.89. The van der Waals surface area contributed by atoms with Crippen molar-refractivity contribution in [2.24, 2.45) is 0 Å². The quantitative estimate of drug-likeness (QED) is 0.267. The van der Waals surface area contributed by atoms with E-state index in [1.165, 1.54) is 0 Å². The molecule has 0 saturated carbocycles.